The van der Waals surface area contributed by atoms with Crippen LogP contribution in [0.25, 0.3) is 10.1 Å². The van der Waals surface area contributed by atoms with Gasteiger partial charge >= 0.3 is 5.97 Å². The molecule has 1 fully saturated rings. The SMILES string of the molecule is CCOC(=O)[C@@H](F)C1CN(C(=O)c2csc3ccccc23)C1. The molecule has 1 saturated heterocycles. The standard InChI is InChI=1S/C16H16FNO3S/c1-2-21-16(20)14(17)10-7-18(8-10)15(19)12-9-22-13-6-4-3-5-11(12)13/h3-6,9-10,14H,2,7-8H2,1H3/t14-/m0/s1. The van der Waals surface area contributed by atoms with E-state index in [9.17, 15) is 14.0 Å². The van der Waals surface area contributed by atoms with Crippen molar-refractivity contribution in [1.29, 1.82) is 0 Å². The molecule has 116 valence electrons. The molecule has 0 saturated carbocycles. The van der Waals surface area contributed by atoms with E-state index in [0.29, 0.717) is 5.56 Å². The van der Waals surface area contributed by atoms with Crippen LogP contribution in [0, 0.1) is 5.92 Å². The summed E-state index contributed by atoms with van der Waals surface area (Å²) in [4.78, 5) is 25.4. The largest absolute Gasteiger partial charge is 0.464 e. The Balaban J connectivity index is 1.65. The lowest BCUT2D eigenvalue weighted by Gasteiger charge is -2.40. The van der Waals surface area contributed by atoms with Crippen molar-refractivity contribution >= 4 is 33.3 Å². The number of amides is 1. The van der Waals surface area contributed by atoms with E-state index >= 15 is 0 Å². The zero-order chi connectivity index (χ0) is 15.7. The summed E-state index contributed by atoms with van der Waals surface area (Å²) >= 11 is 1.52. The minimum absolute atomic E-state index is 0.107. The van der Waals surface area contributed by atoms with Crippen molar-refractivity contribution in [1.82, 2.24) is 4.90 Å². The van der Waals surface area contributed by atoms with Crippen molar-refractivity contribution in [3.8, 4) is 0 Å². The van der Waals surface area contributed by atoms with Gasteiger partial charge < -0.3 is 9.64 Å². The van der Waals surface area contributed by atoms with E-state index in [1.54, 1.807) is 11.8 Å². The molecule has 1 aromatic carbocycles. The highest BCUT2D eigenvalue weighted by Gasteiger charge is 2.41. The lowest BCUT2D eigenvalue weighted by Crippen LogP contribution is -2.55. The minimum atomic E-state index is -1.65. The molecule has 1 aliphatic rings. The van der Waals surface area contributed by atoms with E-state index in [2.05, 4.69) is 4.74 Å². The van der Waals surface area contributed by atoms with Gasteiger partial charge in [-0.1, -0.05) is 18.2 Å². The zero-order valence-electron chi connectivity index (χ0n) is 12.1. The van der Waals surface area contributed by atoms with Crippen LogP contribution in [0.3, 0.4) is 0 Å². The molecule has 2 heterocycles. The van der Waals surface area contributed by atoms with E-state index in [-0.39, 0.29) is 25.6 Å². The highest BCUT2D eigenvalue weighted by Crippen LogP contribution is 2.30. The van der Waals surface area contributed by atoms with Crippen molar-refractivity contribution in [2.45, 2.75) is 13.1 Å². The van der Waals surface area contributed by atoms with Crippen molar-refractivity contribution in [2.24, 2.45) is 5.92 Å². The summed E-state index contributed by atoms with van der Waals surface area (Å²) in [6.07, 6.45) is -1.65. The topological polar surface area (TPSA) is 46.6 Å². The third kappa shape index (κ3) is 2.59. The van der Waals surface area contributed by atoms with Gasteiger partial charge in [0.25, 0.3) is 5.91 Å². The molecule has 0 radical (unpaired) electrons. The van der Waals surface area contributed by atoms with Crippen LogP contribution in [-0.4, -0.2) is 42.6 Å². The van der Waals surface area contributed by atoms with E-state index in [0.717, 1.165) is 10.1 Å². The smallest absolute Gasteiger partial charge is 0.341 e. The second-order valence-electron chi connectivity index (χ2n) is 5.27. The number of ether oxygens (including phenoxy) is 1. The molecule has 1 amide bonds. The first-order valence-corrected chi connectivity index (χ1v) is 8.06. The lowest BCUT2D eigenvalue weighted by atomic mass is 9.93. The second-order valence-corrected chi connectivity index (χ2v) is 6.18. The van der Waals surface area contributed by atoms with Gasteiger partial charge in [0.05, 0.1) is 12.2 Å². The summed E-state index contributed by atoms with van der Waals surface area (Å²) in [5.74, 6) is -1.40. The predicted molar refractivity (Wildman–Crippen MR) is 82.7 cm³/mol. The third-order valence-electron chi connectivity index (χ3n) is 3.83. The first-order chi connectivity index (χ1) is 10.6. The molecule has 6 heteroatoms. The quantitative estimate of drug-likeness (QED) is 0.814. The molecule has 22 heavy (non-hydrogen) atoms. The number of rotatable bonds is 4. The number of fused-ring (bicyclic) bond motifs is 1. The van der Waals surface area contributed by atoms with E-state index in [1.165, 1.54) is 11.3 Å². The van der Waals surface area contributed by atoms with Crippen molar-refractivity contribution in [3.05, 3.63) is 35.2 Å². The molecule has 0 spiro atoms. The minimum Gasteiger partial charge on any atom is -0.464 e. The number of hydrogen-bond acceptors (Lipinski definition) is 4. The fourth-order valence-electron chi connectivity index (χ4n) is 2.59. The normalized spacial score (nSPS) is 16.4. The highest BCUT2D eigenvalue weighted by atomic mass is 32.1. The first-order valence-electron chi connectivity index (χ1n) is 7.18. The number of thiophene rings is 1. The number of likely N-dealkylation sites (tertiary alicyclic amines) is 1. The van der Waals surface area contributed by atoms with Gasteiger partial charge in [0.15, 0.2) is 0 Å². The molecule has 1 atom stereocenters. The maximum absolute atomic E-state index is 13.9. The van der Waals surface area contributed by atoms with Crippen LogP contribution in [-0.2, 0) is 9.53 Å². The number of halogens is 1. The molecule has 4 nitrogen and oxygen atoms in total. The average Bonchev–Trinajstić information content (AvgIpc) is 2.89. The van der Waals surface area contributed by atoms with Gasteiger partial charge in [-0.2, -0.15) is 0 Å². The lowest BCUT2D eigenvalue weighted by molar-refractivity contribution is -0.153. The number of carbonyl (C=O) groups is 2. The molecular formula is C16H16FNO3S. The van der Waals surface area contributed by atoms with E-state index < -0.39 is 18.1 Å². The van der Waals surface area contributed by atoms with Gasteiger partial charge in [-0.25, -0.2) is 9.18 Å². The average molecular weight is 321 g/mol. The molecule has 3 rings (SSSR count). The Morgan fingerprint density at radius 1 is 1.41 bits per heavy atom. The second kappa shape index (κ2) is 6.04. The predicted octanol–water partition coefficient (Wildman–Crippen LogP) is 2.87. The number of carbonyl (C=O) groups excluding carboxylic acids is 2. The zero-order valence-corrected chi connectivity index (χ0v) is 12.9. The molecule has 1 aromatic heterocycles. The molecular weight excluding hydrogens is 305 g/mol. The summed E-state index contributed by atoms with van der Waals surface area (Å²) < 4.78 is 19.6. The van der Waals surface area contributed by atoms with Crippen LogP contribution < -0.4 is 0 Å². The fourth-order valence-corrected chi connectivity index (χ4v) is 3.53. The van der Waals surface area contributed by atoms with Crippen molar-refractivity contribution in [2.75, 3.05) is 19.7 Å². The summed E-state index contributed by atoms with van der Waals surface area (Å²) in [5, 5.41) is 2.75. The maximum Gasteiger partial charge on any atom is 0.341 e. The highest BCUT2D eigenvalue weighted by molar-refractivity contribution is 7.17. The summed E-state index contributed by atoms with van der Waals surface area (Å²) in [6, 6.07) is 7.70. The van der Waals surface area contributed by atoms with Crippen LogP contribution in [0.5, 0.6) is 0 Å². The maximum atomic E-state index is 13.9. The van der Waals surface area contributed by atoms with Crippen LogP contribution in [0.15, 0.2) is 29.6 Å². The number of nitrogens with zero attached hydrogens (tertiary/aromatic N) is 1. The Bertz CT molecular complexity index is 708. The molecule has 2 aromatic rings. The molecule has 1 aliphatic heterocycles. The first kappa shape index (κ1) is 15.0. The van der Waals surface area contributed by atoms with Crippen LogP contribution in [0.4, 0.5) is 4.39 Å². The summed E-state index contributed by atoms with van der Waals surface area (Å²) in [7, 11) is 0. The van der Waals surface area contributed by atoms with Gasteiger partial charge in [0, 0.05) is 34.5 Å². The van der Waals surface area contributed by atoms with Crippen molar-refractivity contribution in [3.63, 3.8) is 0 Å². The Morgan fingerprint density at radius 3 is 2.86 bits per heavy atom. The summed E-state index contributed by atoms with van der Waals surface area (Å²) in [6.45, 7) is 2.31. The van der Waals surface area contributed by atoms with E-state index in [4.69, 9.17) is 0 Å². The van der Waals surface area contributed by atoms with Gasteiger partial charge in [0.1, 0.15) is 0 Å². The van der Waals surface area contributed by atoms with Gasteiger partial charge in [-0.15, -0.1) is 11.3 Å². The Morgan fingerprint density at radius 2 is 2.14 bits per heavy atom. The number of benzene rings is 1. The number of alkyl halides is 1. The summed E-state index contributed by atoms with van der Waals surface area (Å²) in [5.41, 5.74) is 0.644. The van der Waals surface area contributed by atoms with Gasteiger partial charge in [-0.05, 0) is 13.0 Å². The van der Waals surface area contributed by atoms with Gasteiger partial charge in [0.2, 0.25) is 6.17 Å². The fraction of sp³-hybridized carbons (Fsp3) is 0.375. The number of hydrogen-bond donors (Lipinski definition) is 0. The van der Waals surface area contributed by atoms with Crippen LogP contribution in [0.2, 0.25) is 0 Å². The molecule has 0 aliphatic carbocycles. The van der Waals surface area contributed by atoms with Crippen LogP contribution in [0.1, 0.15) is 17.3 Å². The van der Waals surface area contributed by atoms with Crippen LogP contribution >= 0.6 is 11.3 Å². The Kier molecular flexibility index (Phi) is 4.11. The monoisotopic (exact) mass is 321 g/mol. The Labute approximate surface area is 131 Å². The van der Waals surface area contributed by atoms with E-state index in [1.807, 2.05) is 29.6 Å². The van der Waals surface area contributed by atoms with Crippen molar-refractivity contribution < 1.29 is 18.7 Å². The van der Waals surface area contributed by atoms with Gasteiger partial charge in [-0.3, -0.25) is 4.79 Å². The molecule has 0 unspecified atom stereocenters. The Hall–Kier alpha value is -1.95. The molecule has 0 N–H and O–H groups in total. The molecule has 0 bridgehead atoms. The third-order valence-corrected chi connectivity index (χ3v) is 4.80. The number of esters is 1.